The van der Waals surface area contributed by atoms with Crippen molar-refractivity contribution in [3.8, 4) is 0 Å². The quantitative estimate of drug-likeness (QED) is 0.0265. The molecule has 0 aliphatic heterocycles. The van der Waals surface area contributed by atoms with Gasteiger partial charge in [-0.25, -0.2) is 9.59 Å². The molecule has 56 heavy (non-hydrogen) atoms. The summed E-state index contributed by atoms with van der Waals surface area (Å²) in [6.07, 6.45) is 29.9. The smallest absolute Gasteiger partial charge is 0.345 e. The second-order valence-corrected chi connectivity index (χ2v) is 23.8. The summed E-state index contributed by atoms with van der Waals surface area (Å²) in [4.78, 5) is 25.5. The minimum atomic E-state index is -2.27. The summed E-state index contributed by atoms with van der Waals surface area (Å²) >= 11 is 64.1. The fourth-order valence-corrected chi connectivity index (χ4v) is 10.00. The van der Waals surface area contributed by atoms with Crippen molar-refractivity contribution in [2.45, 2.75) is 209 Å². The average Bonchev–Trinajstić information content (AvgIpc) is 3.15. The minimum absolute atomic E-state index is 0.0170. The third-order valence-corrected chi connectivity index (χ3v) is 18.3. The number of rotatable bonds is 39. The van der Waals surface area contributed by atoms with E-state index in [4.69, 9.17) is 125 Å². The van der Waals surface area contributed by atoms with Crippen LogP contribution in [0.3, 0.4) is 0 Å². The van der Waals surface area contributed by atoms with Crippen LogP contribution in [0.15, 0.2) is 0 Å². The van der Waals surface area contributed by atoms with Crippen molar-refractivity contribution >= 4 is 150 Å². The van der Waals surface area contributed by atoms with Gasteiger partial charge in [0.05, 0.1) is 10.8 Å². The topological polar surface area (TPSA) is 52.6 Å². The molecule has 0 spiro atoms. The molecule has 334 valence electrons. The molecular formula is C40H68Cl10O4S2. The van der Waals surface area contributed by atoms with Crippen molar-refractivity contribution in [2.75, 3.05) is 24.7 Å². The summed E-state index contributed by atoms with van der Waals surface area (Å²) in [6.45, 7) is 4.44. The highest BCUT2D eigenvalue weighted by molar-refractivity contribution is 8.76. The maximum absolute atomic E-state index is 12.7. The summed E-state index contributed by atoms with van der Waals surface area (Å²) in [6, 6.07) is 0. The normalized spacial score (nSPS) is 13.9. The monoisotopic (exact) mass is 1030 g/mol. The van der Waals surface area contributed by atoms with Gasteiger partial charge in [-0.1, -0.05) is 282 Å². The van der Waals surface area contributed by atoms with E-state index < -0.39 is 40.0 Å². The summed E-state index contributed by atoms with van der Waals surface area (Å²) in [5.41, 5.74) is 0. The molecule has 0 aromatic heterocycles. The van der Waals surface area contributed by atoms with Gasteiger partial charge in [0.15, 0.2) is 8.67 Å². The van der Waals surface area contributed by atoms with Gasteiger partial charge in [-0.2, -0.15) is 0 Å². The third-order valence-electron chi connectivity index (χ3n) is 9.64. The molecule has 16 heteroatoms. The van der Waals surface area contributed by atoms with Gasteiger partial charge in [0.2, 0.25) is 8.67 Å². The number of halogens is 10. The largest absolute Gasteiger partial charge is 0.462 e. The van der Waals surface area contributed by atoms with Gasteiger partial charge < -0.3 is 9.47 Å². The fraction of sp³-hybridized carbons (Fsp3) is 0.950. The molecule has 0 aliphatic carbocycles. The van der Waals surface area contributed by atoms with Gasteiger partial charge in [0.1, 0.15) is 13.2 Å². The maximum atomic E-state index is 12.7. The van der Waals surface area contributed by atoms with Crippen LogP contribution in [0.4, 0.5) is 0 Å². The first-order valence-corrected chi connectivity index (χ1v) is 27.3. The van der Waals surface area contributed by atoms with Crippen LogP contribution in [0.25, 0.3) is 0 Å². The van der Waals surface area contributed by atoms with E-state index in [0.717, 1.165) is 38.5 Å². The van der Waals surface area contributed by atoms with E-state index in [-0.39, 0.29) is 13.2 Å². The fourth-order valence-electron chi connectivity index (χ4n) is 5.99. The van der Waals surface area contributed by atoms with E-state index in [1.54, 1.807) is 0 Å². The van der Waals surface area contributed by atoms with Crippen LogP contribution in [0.1, 0.15) is 181 Å². The number of hydrogen-bond donors (Lipinski definition) is 0. The molecule has 0 aliphatic rings. The highest BCUT2D eigenvalue weighted by atomic mass is 35.6. The Kier molecular flexibility index (Phi) is 36.5. The van der Waals surface area contributed by atoms with E-state index in [2.05, 4.69) is 13.8 Å². The molecule has 0 aromatic rings. The van der Waals surface area contributed by atoms with Crippen molar-refractivity contribution in [1.29, 1.82) is 0 Å². The summed E-state index contributed by atoms with van der Waals surface area (Å²) < 4.78 is 2.06. The van der Waals surface area contributed by atoms with Crippen LogP contribution in [0.2, 0.25) is 0 Å². The molecule has 0 amide bonds. The van der Waals surface area contributed by atoms with E-state index in [1.807, 2.05) is 0 Å². The molecule has 0 aromatic carbocycles. The van der Waals surface area contributed by atoms with E-state index in [9.17, 15) is 9.59 Å². The first-order chi connectivity index (χ1) is 26.5. The van der Waals surface area contributed by atoms with Crippen molar-refractivity contribution in [2.24, 2.45) is 0 Å². The highest BCUT2D eigenvalue weighted by Crippen LogP contribution is 2.50. The highest BCUT2D eigenvalue weighted by Gasteiger charge is 2.59. The average molecular weight is 1030 g/mol. The van der Waals surface area contributed by atoms with Crippen LogP contribution in [0.5, 0.6) is 0 Å². The number of carbonyl (C=O) groups is 2. The Morgan fingerprint density at radius 1 is 0.429 bits per heavy atom. The van der Waals surface area contributed by atoms with E-state index in [0.29, 0.717) is 24.3 Å². The molecule has 0 fully saturated rings. The number of carbonyl (C=O) groups excluding carboxylic acids is 2. The Morgan fingerprint density at radius 3 is 0.911 bits per heavy atom. The molecule has 0 bridgehead atoms. The third kappa shape index (κ3) is 25.0. The zero-order valence-electron chi connectivity index (χ0n) is 33.6. The molecule has 0 saturated carbocycles. The van der Waals surface area contributed by atoms with Crippen molar-refractivity contribution < 1.29 is 19.1 Å². The first kappa shape index (κ1) is 58.5. The second-order valence-electron chi connectivity index (χ2n) is 14.6. The van der Waals surface area contributed by atoms with Crippen molar-refractivity contribution in [1.82, 2.24) is 0 Å². The summed E-state index contributed by atoms with van der Waals surface area (Å²) in [5.74, 6) is -1.20. The Labute approximate surface area is 398 Å². The number of hydrogen-bond acceptors (Lipinski definition) is 6. The predicted molar refractivity (Wildman–Crippen MR) is 255 cm³/mol. The number of ether oxygens (including phenoxy) is 2. The lowest BCUT2D eigenvalue weighted by atomic mass is 10.0. The lowest BCUT2D eigenvalue weighted by molar-refractivity contribution is -0.145. The van der Waals surface area contributed by atoms with Gasteiger partial charge in [-0.05, 0) is 12.8 Å². The van der Waals surface area contributed by atoms with E-state index >= 15 is 0 Å². The molecule has 0 heterocycles. The zero-order valence-corrected chi connectivity index (χ0v) is 42.8. The van der Waals surface area contributed by atoms with Gasteiger partial charge in [-0.3, -0.25) is 0 Å². The van der Waals surface area contributed by atoms with Crippen molar-refractivity contribution in [3.05, 3.63) is 0 Å². The number of esters is 2. The summed E-state index contributed by atoms with van der Waals surface area (Å²) in [7, 11) is 2.73. The van der Waals surface area contributed by atoms with Gasteiger partial charge >= 0.3 is 11.9 Å². The van der Waals surface area contributed by atoms with Gasteiger partial charge in [0.25, 0.3) is 0 Å². The lowest BCUT2D eigenvalue weighted by Crippen LogP contribution is -2.50. The molecule has 0 N–H and O–H groups in total. The van der Waals surface area contributed by atoms with Gasteiger partial charge in [-0.15, -0.1) is 23.2 Å². The second kappa shape index (κ2) is 35.0. The molecule has 2 unspecified atom stereocenters. The summed E-state index contributed by atoms with van der Waals surface area (Å²) in [5, 5.41) is -1.72. The Morgan fingerprint density at radius 2 is 0.661 bits per heavy atom. The predicted octanol–water partition coefficient (Wildman–Crippen LogP) is 17.5. The molecule has 0 radical (unpaired) electrons. The van der Waals surface area contributed by atoms with Crippen LogP contribution < -0.4 is 0 Å². The standard InChI is InChI=1S/C40H68Cl10O4S2/c1-3-5-7-9-11-13-15-17-19-21-23-25-27-33(41)37(43,44)39(47,48)35(51)53-29-31-55-56-32-30-54-36(52)40(49,50)38(45,46)34(42)28-26-24-22-20-18-16-14-12-10-8-6-4-2/h33-34H,3-32H2,1-2H3. The molecule has 0 rings (SSSR count). The lowest BCUT2D eigenvalue weighted by Gasteiger charge is -2.34. The molecule has 0 saturated heterocycles. The number of alkyl halides is 10. The Bertz CT molecular complexity index is 919. The van der Waals surface area contributed by atoms with Crippen LogP contribution in [0, 0.1) is 0 Å². The molecule has 2 atom stereocenters. The SMILES string of the molecule is CCCCCCCCCCCCCCC(Cl)C(Cl)(Cl)C(Cl)(Cl)C(=O)OCCSSCCOC(=O)C(Cl)(Cl)C(Cl)(Cl)C(Cl)CCCCCCCCCCCCCC. The zero-order chi connectivity index (χ0) is 42.4. The minimum Gasteiger partial charge on any atom is -0.462 e. The first-order valence-electron chi connectivity index (χ1n) is 20.9. The molecular weight excluding hydrogens is 963 g/mol. The molecule has 4 nitrogen and oxygen atoms in total. The van der Waals surface area contributed by atoms with E-state index in [1.165, 1.54) is 137 Å². The number of unbranched alkanes of at least 4 members (excludes halogenated alkanes) is 22. The van der Waals surface area contributed by atoms with Crippen LogP contribution >= 0.6 is 138 Å². The van der Waals surface area contributed by atoms with Crippen LogP contribution in [-0.4, -0.2) is 64.7 Å². The Hall–Kier alpha value is 2.54. The Balaban J connectivity index is 4.23. The van der Waals surface area contributed by atoms with Gasteiger partial charge in [0, 0.05) is 11.5 Å². The van der Waals surface area contributed by atoms with Crippen molar-refractivity contribution in [3.63, 3.8) is 0 Å². The van der Waals surface area contributed by atoms with Crippen LogP contribution in [-0.2, 0) is 19.1 Å². The maximum Gasteiger partial charge on any atom is 0.345 e.